The van der Waals surface area contributed by atoms with E-state index in [-0.39, 0.29) is 24.0 Å². The Kier molecular flexibility index (Phi) is 10.00. The van der Waals surface area contributed by atoms with Crippen LogP contribution in [-0.2, 0) is 0 Å². The van der Waals surface area contributed by atoms with Crippen molar-refractivity contribution in [3.8, 4) is 0 Å². The Balaban J connectivity index is 0.00000289. The average molecular weight is 383 g/mol. The molecule has 3 nitrogen and oxygen atoms in total. The van der Waals surface area contributed by atoms with Crippen LogP contribution in [0.1, 0.15) is 20.8 Å². The fourth-order valence-corrected chi connectivity index (χ4v) is 3.15. The minimum atomic E-state index is 0. The minimum absolute atomic E-state index is 0. The molecule has 1 unspecified atom stereocenters. The predicted molar refractivity (Wildman–Crippen MR) is 94.2 cm³/mol. The number of hydrogen-bond acceptors (Lipinski definition) is 2. The van der Waals surface area contributed by atoms with E-state index in [1.807, 2.05) is 6.08 Å². The Morgan fingerprint density at radius 2 is 2.33 bits per heavy atom. The summed E-state index contributed by atoms with van der Waals surface area (Å²) in [4.78, 5) is 6.94. The largest absolute Gasteiger partial charge is 0.357 e. The molecular weight excluding hydrogens is 357 g/mol. The molecule has 1 aliphatic heterocycles. The zero-order valence-electron chi connectivity index (χ0n) is 11.7. The topological polar surface area (TPSA) is 27.6 Å². The van der Waals surface area contributed by atoms with Gasteiger partial charge in [0, 0.05) is 30.6 Å². The summed E-state index contributed by atoms with van der Waals surface area (Å²) in [6, 6.07) is 0. The fourth-order valence-electron chi connectivity index (χ4n) is 1.85. The van der Waals surface area contributed by atoms with Gasteiger partial charge in [0.15, 0.2) is 5.96 Å². The summed E-state index contributed by atoms with van der Waals surface area (Å²) in [6.45, 7) is 14.2. The lowest BCUT2D eigenvalue weighted by Crippen LogP contribution is -2.49. The Hall–Kier alpha value is 0.0900. The molecule has 0 aliphatic carbocycles. The molecule has 1 N–H and O–H groups in total. The summed E-state index contributed by atoms with van der Waals surface area (Å²) in [7, 11) is 0. The lowest BCUT2D eigenvalue weighted by atomic mass is 10.1. The van der Waals surface area contributed by atoms with Crippen LogP contribution in [0, 0.1) is 5.92 Å². The van der Waals surface area contributed by atoms with E-state index in [2.05, 4.69) is 54.3 Å². The van der Waals surface area contributed by atoms with Crippen LogP contribution in [0.5, 0.6) is 0 Å². The van der Waals surface area contributed by atoms with E-state index in [4.69, 9.17) is 0 Å². The number of hydrogen-bond donors (Lipinski definition) is 1. The van der Waals surface area contributed by atoms with Crippen LogP contribution in [0.25, 0.3) is 0 Å². The second-order valence-corrected chi connectivity index (χ2v) is 5.93. The van der Waals surface area contributed by atoms with Gasteiger partial charge in [-0.25, -0.2) is 4.99 Å². The number of halogens is 1. The van der Waals surface area contributed by atoms with Gasteiger partial charge < -0.3 is 10.2 Å². The summed E-state index contributed by atoms with van der Waals surface area (Å²) >= 11 is 2.09. The van der Waals surface area contributed by atoms with Gasteiger partial charge in [-0.15, -0.1) is 30.6 Å². The SMILES string of the molecule is C=CCN=C(NCC)N1CCSC(C(C)C)C1.I. The molecule has 5 heteroatoms. The molecule has 1 fully saturated rings. The summed E-state index contributed by atoms with van der Waals surface area (Å²) in [5.74, 6) is 2.96. The Morgan fingerprint density at radius 1 is 1.61 bits per heavy atom. The van der Waals surface area contributed by atoms with Crippen LogP contribution < -0.4 is 5.32 Å². The highest BCUT2D eigenvalue weighted by atomic mass is 127. The summed E-state index contributed by atoms with van der Waals surface area (Å²) in [6.07, 6.45) is 1.84. The molecule has 0 saturated carbocycles. The average Bonchev–Trinajstić information content (AvgIpc) is 2.34. The van der Waals surface area contributed by atoms with Crippen molar-refractivity contribution < 1.29 is 0 Å². The predicted octanol–water partition coefficient (Wildman–Crippen LogP) is 2.83. The van der Waals surface area contributed by atoms with E-state index in [1.54, 1.807) is 0 Å². The smallest absolute Gasteiger partial charge is 0.194 e. The van der Waals surface area contributed by atoms with Crippen LogP contribution in [0.2, 0.25) is 0 Å². The molecule has 1 rings (SSSR count). The molecule has 1 aliphatic rings. The molecule has 1 saturated heterocycles. The Bertz CT molecular complexity index is 269. The number of thioether (sulfide) groups is 1. The summed E-state index contributed by atoms with van der Waals surface area (Å²) in [5, 5.41) is 4.08. The third-order valence-electron chi connectivity index (χ3n) is 2.84. The molecule has 0 bridgehead atoms. The first-order valence-corrected chi connectivity index (χ1v) is 7.49. The summed E-state index contributed by atoms with van der Waals surface area (Å²) in [5.41, 5.74) is 0. The van der Waals surface area contributed by atoms with Gasteiger partial charge in [0.25, 0.3) is 0 Å². The quantitative estimate of drug-likeness (QED) is 0.350. The second kappa shape index (κ2) is 9.95. The van der Waals surface area contributed by atoms with Crippen molar-refractivity contribution in [1.29, 1.82) is 0 Å². The lowest BCUT2D eigenvalue weighted by Gasteiger charge is -2.36. The number of aliphatic imine (C=N–C) groups is 1. The molecule has 106 valence electrons. The zero-order chi connectivity index (χ0) is 12.7. The van der Waals surface area contributed by atoms with Crippen LogP contribution in [0.15, 0.2) is 17.6 Å². The van der Waals surface area contributed by atoms with Gasteiger partial charge in [-0.05, 0) is 12.8 Å². The maximum atomic E-state index is 4.55. The van der Waals surface area contributed by atoms with Crippen molar-refractivity contribution in [3.63, 3.8) is 0 Å². The maximum absolute atomic E-state index is 4.55. The van der Waals surface area contributed by atoms with Gasteiger partial charge in [-0.1, -0.05) is 19.9 Å². The van der Waals surface area contributed by atoms with E-state index in [1.165, 1.54) is 5.75 Å². The van der Waals surface area contributed by atoms with Gasteiger partial charge in [-0.2, -0.15) is 11.8 Å². The van der Waals surface area contributed by atoms with E-state index >= 15 is 0 Å². The maximum Gasteiger partial charge on any atom is 0.194 e. The van der Waals surface area contributed by atoms with Crippen molar-refractivity contribution in [1.82, 2.24) is 10.2 Å². The van der Waals surface area contributed by atoms with Crippen LogP contribution in [0.4, 0.5) is 0 Å². The fraction of sp³-hybridized carbons (Fsp3) is 0.769. The van der Waals surface area contributed by atoms with Gasteiger partial charge in [-0.3, -0.25) is 0 Å². The molecule has 1 atom stereocenters. The minimum Gasteiger partial charge on any atom is -0.357 e. The number of nitrogens with one attached hydrogen (secondary N) is 1. The highest BCUT2D eigenvalue weighted by Crippen LogP contribution is 2.24. The van der Waals surface area contributed by atoms with Crippen LogP contribution >= 0.6 is 35.7 Å². The summed E-state index contributed by atoms with van der Waals surface area (Å²) < 4.78 is 0. The highest BCUT2D eigenvalue weighted by Gasteiger charge is 2.24. The standard InChI is InChI=1S/C13H25N3S.HI/c1-5-7-15-13(14-6-2)16-8-9-17-12(10-16)11(3)4;/h5,11-12H,1,6-10H2,2-4H3,(H,14,15);1H. The third kappa shape index (κ3) is 5.82. The van der Waals surface area contributed by atoms with E-state index < -0.39 is 0 Å². The normalized spacial score (nSPS) is 20.6. The molecule has 0 radical (unpaired) electrons. The number of guanidine groups is 1. The van der Waals surface area contributed by atoms with Crippen LogP contribution in [0.3, 0.4) is 0 Å². The molecule has 0 aromatic carbocycles. The molecular formula is C13H26IN3S. The first-order chi connectivity index (χ1) is 8.19. The van der Waals surface area contributed by atoms with Gasteiger partial charge in [0.1, 0.15) is 0 Å². The Labute approximate surface area is 133 Å². The highest BCUT2D eigenvalue weighted by molar-refractivity contribution is 14.0. The first kappa shape index (κ1) is 18.1. The van der Waals surface area contributed by atoms with Crippen molar-refractivity contribution >= 4 is 41.7 Å². The molecule has 0 spiro atoms. The number of rotatable bonds is 4. The molecule has 0 aromatic heterocycles. The van der Waals surface area contributed by atoms with E-state index in [0.717, 1.165) is 36.8 Å². The van der Waals surface area contributed by atoms with Gasteiger partial charge >= 0.3 is 0 Å². The molecule has 0 amide bonds. The van der Waals surface area contributed by atoms with Crippen molar-refractivity contribution in [2.24, 2.45) is 10.9 Å². The van der Waals surface area contributed by atoms with Crippen molar-refractivity contribution in [2.75, 3.05) is 31.9 Å². The second-order valence-electron chi connectivity index (χ2n) is 4.58. The number of nitrogens with zero attached hydrogens (tertiary/aromatic N) is 2. The van der Waals surface area contributed by atoms with Crippen molar-refractivity contribution in [2.45, 2.75) is 26.0 Å². The molecule has 18 heavy (non-hydrogen) atoms. The van der Waals surface area contributed by atoms with Gasteiger partial charge in [0.2, 0.25) is 0 Å². The van der Waals surface area contributed by atoms with Crippen LogP contribution in [-0.4, -0.2) is 48.0 Å². The molecule has 1 heterocycles. The van der Waals surface area contributed by atoms with E-state index in [9.17, 15) is 0 Å². The van der Waals surface area contributed by atoms with E-state index in [0.29, 0.717) is 6.54 Å². The molecule has 0 aromatic rings. The van der Waals surface area contributed by atoms with Crippen molar-refractivity contribution in [3.05, 3.63) is 12.7 Å². The Morgan fingerprint density at radius 3 is 2.89 bits per heavy atom. The zero-order valence-corrected chi connectivity index (χ0v) is 14.8. The monoisotopic (exact) mass is 383 g/mol. The van der Waals surface area contributed by atoms with Gasteiger partial charge in [0.05, 0.1) is 6.54 Å². The third-order valence-corrected chi connectivity index (χ3v) is 4.38. The first-order valence-electron chi connectivity index (χ1n) is 6.44. The lowest BCUT2D eigenvalue weighted by molar-refractivity contribution is 0.381.